The Bertz CT molecular complexity index is 606. The molecule has 0 aromatic heterocycles. The molecule has 0 radical (unpaired) electrons. The van der Waals surface area contributed by atoms with Gasteiger partial charge in [0.2, 0.25) is 0 Å². The second-order valence-corrected chi connectivity index (χ2v) is 6.06. The summed E-state index contributed by atoms with van der Waals surface area (Å²) in [5.74, 6) is 1.73. The van der Waals surface area contributed by atoms with Crippen molar-refractivity contribution < 1.29 is 9.47 Å². The summed E-state index contributed by atoms with van der Waals surface area (Å²) >= 11 is 3.64. The first kappa shape index (κ1) is 14.9. The largest absolute Gasteiger partial charge is 0.497 e. The number of halogens is 1. The zero-order valence-electron chi connectivity index (χ0n) is 12.2. The van der Waals surface area contributed by atoms with Crippen molar-refractivity contribution in [3.05, 3.63) is 58.1 Å². The van der Waals surface area contributed by atoms with E-state index in [1.807, 2.05) is 24.3 Å². The van der Waals surface area contributed by atoms with Gasteiger partial charge in [-0.05, 0) is 41.5 Å². The molecule has 2 rings (SSSR count). The maximum Gasteiger partial charge on any atom is 0.119 e. The lowest BCUT2D eigenvalue weighted by atomic mass is 9.78. The van der Waals surface area contributed by atoms with E-state index in [0.29, 0.717) is 0 Å². The fourth-order valence-electron chi connectivity index (χ4n) is 2.28. The zero-order valence-corrected chi connectivity index (χ0v) is 13.8. The van der Waals surface area contributed by atoms with Crippen LogP contribution in [0.4, 0.5) is 0 Å². The highest BCUT2D eigenvalue weighted by atomic mass is 79.9. The fourth-order valence-corrected chi connectivity index (χ4v) is 3.02. The molecule has 20 heavy (non-hydrogen) atoms. The summed E-state index contributed by atoms with van der Waals surface area (Å²) in [6.07, 6.45) is 0. The van der Waals surface area contributed by atoms with Gasteiger partial charge < -0.3 is 9.47 Å². The van der Waals surface area contributed by atoms with E-state index in [2.05, 4.69) is 48.0 Å². The first-order chi connectivity index (χ1) is 9.48. The second kappa shape index (κ2) is 5.88. The molecular formula is C17H19BrO2. The predicted octanol–water partition coefficient (Wildman–Crippen LogP) is 4.79. The Morgan fingerprint density at radius 2 is 1.55 bits per heavy atom. The molecular weight excluding hydrogens is 316 g/mol. The van der Waals surface area contributed by atoms with Gasteiger partial charge in [-0.25, -0.2) is 0 Å². The third-order valence-electron chi connectivity index (χ3n) is 3.64. The number of methoxy groups -OCH3 is 2. The van der Waals surface area contributed by atoms with Crippen molar-refractivity contribution in [1.29, 1.82) is 0 Å². The van der Waals surface area contributed by atoms with Gasteiger partial charge >= 0.3 is 0 Å². The van der Waals surface area contributed by atoms with Gasteiger partial charge in [0.05, 0.1) is 14.2 Å². The molecule has 0 N–H and O–H groups in total. The minimum Gasteiger partial charge on any atom is -0.497 e. The van der Waals surface area contributed by atoms with Gasteiger partial charge in [-0.1, -0.05) is 41.9 Å². The van der Waals surface area contributed by atoms with Crippen LogP contribution in [0.1, 0.15) is 25.0 Å². The van der Waals surface area contributed by atoms with Crippen LogP contribution in [-0.4, -0.2) is 14.2 Å². The summed E-state index contributed by atoms with van der Waals surface area (Å²) < 4.78 is 11.7. The Hall–Kier alpha value is -1.48. The van der Waals surface area contributed by atoms with Crippen LogP contribution in [-0.2, 0) is 5.41 Å². The third-order valence-corrected chi connectivity index (χ3v) is 4.33. The van der Waals surface area contributed by atoms with Crippen LogP contribution in [0.5, 0.6) is 11.5 Å². The van der Waals surface area contributed by atoms with Crippen LogP contribution >= 0.6 is 15.9 Å². The molecule has 0 atom stereocenters. The van der Waals surface area contributed by atoms with E-state index in [-0.39, 0.29) is 5.41 Å². The molecule has 0 fully saturated rings. The topological polar surface area (TPSA) is 18.5 Å². The normalized spacial score (nSPS) is 11.2. The lowest BCUT2D eigenvalue weighted by molar-refractivity contribution is 0.411. The standard InChI is InChI=1S/C17H19BrO2/c1-17(2,12-6-5-7-13(10-12)19-3)15-11-14(20-4)8-9-16(15)18/h5-11H,1-4H3. The van der Waals surface area contributed by atoms with E-state index in [4.69, 9.17) is 9.47 Å². The van der Waals surface area contributed by atoms with E-state index in [0.717, 1.165) is 16.0 Å². The van der Waals surface area contributed by atoms with E-state index in [1.165, 1.54) is 11.1 Å². The van der Waals surface area contributed by atoms with Crippen molar-refractivity contribution in [3.63, 3.8) is 0 Å². The number of hydrogen-bond acceptors (Lipinski definition) is 2. The van der Waals surface area contributed by atoms with Crippen LogP contribution in [0.3, 0.4) is 0 Å². The van der Waals surface area contributed by atoms with Gasteiger partial charge in [-0.2, -0.15) is 0 Å². The van der Waals surface area contributed by atoms with Gasteiger partial charge in [-0.15, -0.1) is 0 Å². The zero-order chi connectivity index (χ0) is 14.8. The molecule has 0 aliphatic heterocycles. The maximum absolute atomic E-state index is 5.34. The third kappa shape index (κ3) is 2.83. The fraction of sp³-hybridized carbons (Fsp3) is 0.294. The number of rotatable bonds is 4. The monoisotopic (exact) mass is 334 g/mol. The quantitative estimate of drug-likeness (QED) is 0.800. The van der Waals surface area contributed by atoms with Gasteiger partial charge in [0.15, 0.2) is 0 Å². The van der Waals surface area contributed by atoms with Crippen LogP contribution < -0.4 is 9.47 Å². The molecule has 0 unspecified atom stereocenters. The van der Waals surface area contributed by atoms with Crippen molar-refractivity contribution in [2.75, 3.05) is 14.2 Å². The Morgan fingerprint density at radius 1 is 0.900 bits per heavy atom. The molecule has 3 heteroatoms. The second-order valence-electron chi connectivity index (χ2n) is 5.20. The van der Waals surface area contributed by atoms with Crippen LogP contribution in [0.25, 0.3) is 0 Å². The number of benzene rings is 2. The van der Waals surface area contributed by atoms with E-state index in [1.54, 1.807) is 14.2 Å². The molecule has 0 saturated heterocycles. The summed E-state index contributed by atoms with van der Waals surface area (Å²) in [5.41, 5.74) is 2.23. The summed E-state index contributed by atoms with van der Waals surface area (Å²) in [7, 11) is 3.37. The highest BCUT2D eigenvalue weighted by Gasteiger charge is 2.26. The van der Waals surface area contributed by atoms with Crippen molar-refractivity contribution in [3.8, 4) is 11.5 Å². The molecule has 106 valence electrons. The summed E-state index contributed by atoms with van der Waals surface area (Å²) in [4.78, 5) is 0. The highest BCUT2D eigenvalue weighted by molar-refractivity contribution is 9.10. The number of ether oxygens (including phenoxy) is 2. The first-order valence-corrected chi connectivity index (χ1v) is 7.27. The molecule has 2 nitrogen and oxygen atoms in total. The smallest absolute Gasteiger partial charge is 0.119 e. The van der Waals surface area contributed by atoms with E-state index >= 15 is 0 Å². The molecule has 2 aromatic carbocycles. The highest BCUT2D eigenvalue weighted by Crippen LogP contribution is 2.38. The lowest BCUT2D eigenvalue weighted by Crippen LogP contribution is -2.19. The SMILES string of the molecule is COc1cccc(C(C)(C)c2cc(OC)ccc2Br)c1. The molecule has 0 heterocycles. The molecule has 2 aromatic rings. The minimum atomic E-state index is -0.151. The van der Waals surface area contributed by atoms with Crippen LogP contribution in [0.2, 0.25) is 0 Å². The molecule has 0 bridgehead atoms. The Balaban J connectivity index is 2.53. The summed E-state index contributed by atoms with van der Waals surface area (Å²) in [6.45, 7) is 4.39. The Morgan fingerprint density at radius 3 is 2.20 bits per heavy atom. The van der Waals surface area contributed by atoms with Crippen molar-refractivity contribution in [1.82, 2.24) is 0 Å². The minimum absolute atomic E-state index is 0.151. The van der Waals surface area contributed by atoms with E-state index in [9.17, 15) is 0 Å². The summed E-state index contributed by atoms with van der Waals surface area (Å²) in [5, 5.41) is 0. The molecule has 0 spiro atoms. The molecule has 0 amide bonds. The van der Waals surface area contributed by atoms with Gasteiger partial charge in [-0.3, -0.25) is 0 Å². The predicted molar refractivity (Wildman–Crippen MR) is 85.8 cm³/mol. The maximum atomic E-state index is 5.34. The average Bonchev–Trinajstić information content (AvgIpc) is 2.47. The van der Waals surface area contributed by atoms with Gasteiger partial charge in [0.25, 0.3) is 0 Å². The van der Waals surface area contributed by atoms with Gasteiger partial charge in [0, 0.05) is 9.89 Å². The Labute approximate surface area is 128 Å². The molecule has 0 saturated carbocycles. The molecule has 0 aliphatic rings. The van der Waals surface area contributed by atoms with Crippen LogP contribution in [0, 0.1) is 0 Å². The van der Waals surface area contributed by atoms with E-state index < -0.39 is 0 Å². The lowest BCUT2D eigenvalue weighted by Gasteiger charge is -2.28. The van der Waals surface area contributed by atoms with Gasteiger partial charge in [0.1, 0.15) is 11.5 Å². The molecule has 0 aliphatic carbocycles. The van der Waals surface area contributed by atoms with Crippen molar-refractivity contribution in [2.24, 2.45) is 0 Å². The summed E-state index contributed by atoms with van der Waals surface area (Å²) in [6, 6.07) is 14.2. The number of hydrogen-bond donors (Lipinski definition) is 0. The average molecular weight is 335 g/mol. The van der Waals surface area contributed by atoms with Crippen LogP contribution in [0.15, 0.2) is 46.9 Å². The van der Waals surface area contributed by atoms with Crippen molar-refractivity contribution >= 4 is 15.9 Å². The first-order valence-electron chi connectivity index (χ1n) is 6.47. The Kier molecular flexibility index (Phi) is 4.39. The van der Waals surface area contributed by atoms with Crippen molar-refractivity contribution in [2.45, 2.75) is 19.3 Å².